The molecule has 7 nitrogen and oxygen atoms in total. The number of hydrogen-bond acceptors (Lipinski definition) is 4. The molecule has 1 unspecified atom stereocenters. The average molecular weight is 389 g/mol. The molecule has 3 amide bonds. The summed E-state index contributed by atoms with van der Waals surface area (Å²) in [5.41, 5.74) is 3.96. The predicted molar refractivity (Wildman–Crippen MR) is 110 cm³/mol. The number of carbonyl (C=O) groups excluding carboxylic acids is 3. The summed E-state index contributed by atoms with van der Waals surface area (Å²) in [7, 11) is 0. The van der Waals surface area contributed by atoms with Gasteiger partial charge in [-0.05, 0) is 51.3 Å². The Balaban J connectivity index is 1.77. The van der Waals surface area contributed by atoms with Crippen molar-refractivity contribution in [2.45, 2.75) is 53.0 Å². The third kappa shape index (κ3) is 6.64. The molecule has 0 saturated carbocycles. The molecule has 0 radical (unpaired) electrons. The van der Waals surface area contributed by atoms with Gasteiger partial charge < -0.3 is 16.0 Å². The van der Waals surface area contributed by atoms with E-state index in [2.05, 4.69) is 16.0 Å². The molecule has 1 aliphatic heterocycles. The summed E-state index contributed by atoms with van der Waals surface area (Å²) in [6.45, 7) is 9.41. The van der Waals surface area contributed by atoms with Crippen molar-refractivity contribution >= 4 is 23.4 Å². The summed E-state index contributed by atoms with van der Waals surface area (Å²) in [6.07, 6.45) is 2.34. The number of aryl methyl sites for hydroxylation is 3. The second-order valence-corrected chi connectivity index (χ2v) is 7.59. The minimum atomic E-state index is -0.241. The molecule has 3 N–H and O–H groups in total. The molecule has 7 heteroatoms. The van der Waals surface area contributed by atoms with Crippen LogP contribution >= 0.6 is 0 Å². The van der Waals surface area contributed by atoms with Crippen molar-refractivity contribution in [3.8, 4) is 0 Å². The first-order valence-corrected chi connectivity index (χ1v) is 9.94. The standard InChI is InChI=1S/C21H32N4O3/c1-5-18(26)23-17-7-6-8-25(12-17)13-20(28)22-11-19(27)24-21-15(3)9-14(2)10-16(21)4/h9-10,17H,5-8,11-13H2,1-4H3,(H,22,28)(H,23,26)(H,24,27). The molecule has 154 valence electrons. The second kappa shape index (κ2) is 10.2. The highest BCUT2D eigenvalue weighted by Gasteiger charge is 2.22. The Kier molecular flexibility index (Phi) is 7.99. The van der Waals surface area contributed by atoms with Crippen molar-refractivity contribution in [2.24, 2.45) is 0 Å². The molecule has 1 atom stereocenters. The van der Waals surface area contributed by atoms with E-state index in [-0.39, 0.29) is 36.9 Å². The van der Waals surface area contributed by atoms with E-state index in [1.807, 2.05) is 44.7 Å². The van der Waals surface area contributed by atoms with Crippen LogP contribution in [0.5, 0.6) is 0 Å². The van der Waals surface area contributed by atoms with E-state index in [4.69, 9.17) is 0 Å². The van der Waals surface area contributed by atoms with Crippen molar-refractivity contribution in [1.82, 2.24) is 15.5 Å². The van der Waals surface area contributed by atoms with E-state index >= 15 is 0 Å². The summed E-state index contributed by atoms with van der Waals surface area (Å²) in [5.74, 6) is -0.389. The minimum Gasteiger partial charge on any atom is -0.352 e. The number of amides is 3. The molecule has 1 heterocycles. The van der Waals surface area contributed by atoms with Crippen LogP contribution in [-0.4, -0.2) is 54.8 Å². The highest BCUT2D eigenvalue weighted by Crippen LogP contribution is 2.21. The smallest absolute Gasteiger partial charge is 0.243 e. The fraction of sp³-hybridized carbons (Fsp3) is 0.571. The maximum absolute atomic E-state index is 12.2. The Labute approximate surface area is 167 Å². The third-order valence-corrected chi connectivity index (χ3v) is 4.95. The van der Waals surface area contributed by atoms with Crippen LogP contribution in [0.4, 0.5) is 5.69 Å². The number of rotatable bonds is 7. The molecular formula is C21H32N4O3. The zero-order valence-corrected chi connectivity index (χ0v) is 17.4. The first-order chi connectivity index (χ1) is 13.3. The zero-order valence-electron chi connectivity index (χ0n) is 17.4. The van der Waals surface area contributed by atoms with E-state index in [9.17, 15) is 14.4 Å². The summed E-state index contributed by atoms with van der Waals surface area (Å²) >= 11 is 0. The van der Waals surface area contributed by atoms with E-state index < -0.39 is 0 Å². The summed E-state index contributed by atoms with van der Waals surface area (Å²) in [6, 6.07) is 4.13. The molecule has 1 saturated heterocycles. The first kappa shape index (κ1) is 21.9. The van der Waals surface area contributed by atoms with Crippen molar-refractivity contribution in [2.75, 3.05) is 31.5 Å². The van der Waals surface area contributed by atoms with Gasteiger partial charge in [0, 0.05) is 24.7 Å². The lowest BCUT2D eigenvalue weighted by Gasteiger charge is -2.32. The highest BCUT2D eigenvalue weighted by atomic mass is 16.2. The SMILES string of the molecule is CCC(=O)NC1CCCN(CC(=O)NCC(=O)Nc2c(C)cc(C)cc2C)C1. The van der Waals surface area contributed by atoms with Crippen LogP contribution in [0.25, 0.3) is 0 Å². The normalized spacial score (nSPS) is 17.1. The minimum absolute atomic E-state index is 0.0367. The van der Waals surface area contributed by atoms with Crippen molar-refractivity contribution in [3.63, 3.8) is 0 Å². The Hall–Kier alpha value is -2.41. The van der Waals surface area contributed by atoms with Crippen molar-refractivity contribution < 1.29 is 14.4 Å². The fourth-order valence-corrected chi connectivity index (χ4v) is 3.65. The summed E-state index contributed by atoms with van der Waals surface area (Å²) in [5, 5.41) is 8.56. The topological polar surface area (TPSA) is 90.5 Å². The number of piperidine rings is 1. The van der Waals surface area contributed by atoms with Gasteiger partial charge in [0.1, 0.15) is 0 Å². The van der Waals surface area contributed by atoms with Gasteiger partial charge in [-0.2, -0.15) is 0 Å². The first-order valence-electron chi connectivity index (χ1n) is 9.94. The monoisotopic (exact) mass is 388 g/mol. The van der Waals surface area contributed by atoms with Gasteiger partial charge in [0.25, 0.3) is 0 Å². The van der Waals surface area contributed by atoms with Crippen molar-refractivity contribution in [3.05, 3.63) is 28.8 Å². The van der Waals surface area contributed by atoms with Crippen LogP contribution in [0, 0.1) is 20.8 Å². The molecule has 28 heavy (non-hydrogen) atoms. The van der Waals surface area contributed by atoms with Crippen molar-refractivity contribution in [1.29, 1.82) is 0 Å². The molecule has 0 spiro atoms. The van der Waals surface area contributed by atoms with E-state index in [1.54, 1.807) is 0 Å². The Morgan fingerprint density at radius 1 is 1.07 bits per heavy atom. The van der Waals surface area contributed by atoms with Gasteiger partial charge in [0.05, 0.1) is 13.1 Å². The fourth-order valence-electron chi connectivity index (χ4n) is 3.65. The van der Waals surface area contributed by atoms with E-state index in [0.29, 0.717) is 13.0 Å². The van der Waals surface area contributed by atoms with Crippen LogP contribution in [0.3, 0.4) is 0 Å². The molecule has 0 aromatic heterocycles. The molecule has 0 bridgehead atoms. The Morgan fingerprint density at radius 2 is 1.75 bits per heavy atom. The number of hydrogen-bond donors (Lipinski definition) is 3. The van der Waals surface area contributed by atoms with E-state index in [1.165, 1.54) is 0 Å². The van der Waals surface area contributed by atoms with Gasteiger partial charge in [-0.3, -0.25) is 19.3 Å². The van der Waals surface area contributed by atoms with Gasteiger partial charge in [-0.1, -0.05) is 24.6 Å². The van der Waals surface area contributed by atoms with Gasteiger partial charge in [-0.25, -0.2) is 0 Å². The number of likely N-dealkylation sites (tertiary alicyclic amines) is 1. The largest absolute Gasteiger partial charge is 0.352 e. The van der Waals surface area contributed by atoms with Gasteiger partial charge in [0.2, 0.25) is 17.7 Å². The quantitative estimate of drug-likeness (QED) is 0.663. The third-order valence-electron chi connectivity index (χ3n) is 4.95. The maximum atomic E-state index is 12.2. The Morgan fingerprint density at radius 3 is 2.39 bits per heavy atom. The lowest BCUT2D eigenvalue weighted by Crippen LogP contribution is -2.50. The predicted octanol–water partition coefficient (Wildman–Crippen LogP) is 1.66. The summed E-state index contributed by atoms with van der Waals surface area (Å²) in [4.78, 5) is 38.0. The number of carbonyl (C=O) groups is 3. The molecule has 1 aromatic rings. The molecule has 1 aliphatic rings. The van der Waals surface area contributed by atoms with Crippen LogP contribution in [0.1, 0.15) is 42.9 Å². The highest BCUT2D eigenvalue weighted by molar-refractivity contribution is 5.96. The van der Waals surface area contributed by atoms with Gasteiger partial charge in [-0.15, -0.1) is 0 Å². The molecule has 2 rings (SSSR count). The Bertz CT molecular complexity index is 709. The van der Waals surface area contributed by atoms with Gasteiger partial charge in [0.15, 0.2) is 0 Å². The molecule has 0 aliphatic carbocycles. The lowest BCUT2D eigenvalue weighted by atomic mass is 10.1. The zero-order chi connectivity index (χ0) is 20.7. The second-order valence-electron chi connectivity index (χ2n) is 7.59. The number of anilines is 1. The van der Waals surface area contributed by atoms with E-state index in [0.717, 1.165) is 41.8 Å². The number of benzene rings is 1. The number of nitrogens with zero attached hydrogens (tertiary/aromatic N) is 1. The average Bonchev–Trinajstić information content (AvgIpc) is 2.63. The van der Waals surface area contributed by atoms with Gasteiger partial charge >= 0.3 is 0 Å². The maximum Gasteiger partial charge on any atom is 0.243 e. The number of nitrogens with one attached hydrogen (secondary N) is 3. The lowest BCUT2D eigenvalue weighted by molar-refractivity contribution is -0.125. The molecule has 1 fully saturated rings. The van der Waals surface area contributed by atoms with Crippen LogP contribution in [-0.2, 0) is 14.4 Å². The van der Waals surface area contributed by atoms with Crippen LogP contribution < -0.4 is 16.0 Å². The molecule has 1 aromatic carbocycles. The summed E-state index contributed by atoms with van der Waals surface area (Å²) < 4.78 is 0. The molecular weight excluding hydrogens is 356 g/mol. The van der Waals surface area contributed by atoms with Crippen LogP contribution in [0.2, 0.25) is 0 Å². The van der Waals surface area contributed by atoms with Crippen LogP contribution in [0.15, 0.2) is 12.1 Å².